The first-order chi connectivity index (χ1) is 9.29. The summed E-state index contributed by atoms with van der Waals surface area (Å²) in [7, 11) is 0. The highest BCUT2D eigenvalue weighted by Crippen LogP contribution is 2.39. The van der Waals surface area contributed by atoms with Gasteiger partial charge in [0.15, 0.2) is 0 Å². The van der Waals surface area contributed by atoms with Crippen molar-refractivity contribution < 1.29 is 10.2 Å². The Morgan fingerprint density at radius 3 is 2.00 bits per heavy atom. The number of aliphatic hydroxyl groups is 1. The molecule has 4 aromatic carbocycles. The number of rotatable bonds is 1. The Morgan fingerprint density at radius 1 is 0.684 bits per heavy atom. The first kappa shape index (κ1) is 10.6. The second-order valence-corrected chi connectivity index (χ2v) is 4.89. The smallest absolute Gasteiger partial charge is 0.123 e. The molecule has 0 aliphatic rings. The Kier molecular flexibility index (Phi) is 2.00. The van der Waals surface area contributed by atoms with E-state index < -0.39 is 0 Å². The summed E-state index contributed by atoms with van der Waals surface area (Å²) < 4.78 is 0. The van der Waals surface area contributed by atoms with Gasteiger partial charge in [-0.2, -0.15) is 0 Å². The molecule has 0 spiro atoms. The summed E-state index contributed by atoms with van der Waals surface area (Å²) in [6.07, 6.45) is 0. The molecule has 2 heteroatoms. The molecule has 0 atom stereocenters. The standard InChI is InChI=1S/C17H12O2/c18-9-12-4-3-10-1-2-11-5-8-15(19)14-7-6-13(12)16(10)17(11)14/h1-8,18-19H,9H2. The molecule has 92 valence electrons. The third-order valence-corrected chi connectivity index (χ3v) is 3.90. The molecule has 0 saturated heterocycles. The van der Waals surface area contributed by atoms with Crippen LogP contribution >= 0.6 is 0 Å². The van der Waals surface area contributed by atoms with Crippen LogP contribution in [0.4, 0.5) is 0 Å². The molecule has 0 bridgehead atoms. The summed E-state index contributed by atoms with van der Waals surface area (Å²) in [4.78, 5) is 0. The lowest BCUT2D eigenvalue weighted by Gasteiger charge is -2.13. The van der Waals surface area contributed by atoms with Crippen LogP contribution in [0.1, 0.15) is 5.56 Å². The molecule has 2 N–H and O–H groups in total. The van der Waals surface area contributed by atoms with Crippen LogP contribution in [0.2, 0.25) is 0 Å². The fraction of sp³-hybridized carbons (Fsp3) is 0.0588. The van der Waals surface area contributed by atoms with Crippen molar-refractivity contribution >= 4 is 32.3 Å². The Balaban J connectivity index is 2.39. The zero-order valence-corrected chi connectivity index (χ0v) is 10.2. The molecule has 0 unspecified atom stereocenters. The summed E-state index contributed by atoms with van der Waals surface area (Å²) in [5.74, 6) is 0.302. The second kappa shape index (κ2) is 3.59. The minimum Gasteiger partial charge on any atom is -0.507 e. The number of benzene rings is 4. The van der Waals surface area contributed by atoms with E-state index in [4.69, 9.17) is 0 Å². The van der Waals surface area contributed by atoms with E-state index in [0.717, 1.165) is 37.9 Å². The lowest BCUT2D eigenvalue weighted by molar-refractivity contribution is 0.283. The van der Waals surface area contributed by atoms with Crippen molar-refractivity contribution in [1.82, 2.24) is 0 Å². The normalized spacial score (nSPS) is 11.8. The average molecular weight is 248 g/mol. The van der Waals surface area contributed by atoms with Gasteiger partial charge in [0.1, 0.15) is 5.75 Å². The Hall–Kier alpha value is -2.32. The van der Waals surface area contributed by atoms with Gasteiger partial charge in [-0.15, -0.1) is 0 Å². The molecule has 0 aliphatic heterocycles. The van der Waals surface area contributed by atoms with Crippen LogP contribution in [0, 0.1) is 0 Å². The Bertz CT molecular complexity index is 909. The minimum atomic E-state index is 0.0279. The van der Waals surface area contributed by atoms with Gasteiger partial charge in [-0.1, -0.05) is 36.4 Å². The molecule has 0 fully saturated rings. The van der Waals surface area contributed by atoms with Gasteiger partial charge in [0.25, 0.3) is 0 Å². The van der Waals surface area contributed by atoms with Gasteiger partial charge >= 0.3 is 0 Å². The van der Waals surface area contributed by atoms with Crippen molar-refractivity contribution in [2.45, 2.75) is 6.61 Å². The Morgan fingerprint density at radius 2 is 1.26 bits per heavy atom. The van der Waals surface area contributed by atoms with Crippen LogP contribution in [0.5, 0.6) is 5.75 Å². The fourth-order valence-corrected chi connectivity index (χ4v) is 2.98. The quantitative estimate of drug-likeness (QED) is 0.503. The molecule has 4 aromatic rings. The van der Waals surface area contributed by atoms with Gasteiger partial charge in [-0.3, -0.25) is 0 Å². The summed E-state index contributed by atoms with van der Waals surface area (Å²) in [6.45, 7) is 0.0279. The maximum absolute atomic E-state index is 10.0. The highest BCUT2D eigenvalue weighted by atomic mass is 16.3. The number of phenolic OH excluding ortho intramolecular Hbond substituents is 1. The van der Waals surface area contributed by atoms with Crippen molar-refractivity contribution in [2.75, 3.05) is 0 Å². The van der Waals surface area contributed by atoms with Gasteiger partial charge in [-0.25, -0.2) is 0 Å². The first-order valence-corrected chi connectivity index (χ1v) is 6.29. The van der Waals surface area contributed by atoms with Crippen LogP contribution in [0.3, 0.4) is 0 Å². The number of aliphatic hydroxyl groups excluding tert-OH is 1. The van der Waals surface area contributed by atoms with E-state index in [-0.39, 0.29) is 6.61 Å². The van der Waals surface area contributed by atoms with E-state index in [2.05, 4.69) is 12.1 Å². The molecule has 0 heterocycles. The van der Waals surface area contributed by atoms with Crippen molar-refractivity contribution in [3.63, 3.8) is 0 Å². The van der Waals surface area contributed by atoms with Crippen LogP contribution < -0.4 is 0 Å². The maximum atomic E-state index is 10.0. The van der Waals surface area contributed by atoms with Gasteiger partial charge in [0.2, 0.25) is 0 Å². The van der Waals surface area contributed by atoms with E-state index in [0.29, 0.717) is 5.75 Å². The Labute approximate surface area is 109 Å². The zero-order chi connectivity index (χ0) is 13.0. The summed E-state index contributed by atoms with van der Waals surface area (Å²) >= 11 is 0. The average Bonchev–Trinajstić information content (AvgIpc) is 2.46. The summed E-state index contributed by atoms with van der Waals surface area (Å²) in [5.41, 5.74) is 0.922. The SMILES string of the molecule is OCc1ccc2ccc3ccc(O)c4ccc1c2c34. The molecule has 0 saturated carbocycles. The minimum absolute atomic E-state index is 0.0279. The highest BCUT2D eigenvalue weighted by molar-refractivity contribution is 6.24. The number of phenols is 1. The van der Waals surface area contributed by atoms with Gasteiger partial charge in [-0.05, 0) is 39.2 Å². The van der Waals surface area contributed by atoms with Crippen molar-refractivity contribution in [2.24, 2.45) is 0 Å². The fourth-order valence-electron chi connectivity index (χ4n) is 2.98. The molecule has 19 heavy (non-hydrogen) atoms. The number of hydrogen-bond acceptors (Lipinski definition) is 2. The molecule has 0 aliphatic carbocycles. The molecule has 2 nitrogen and oxygen atoms in total. The van der Waals surface area contributed by atoms with E-state index in [9.17, 15) is 10.2 Å². The third-order valence-electron chi connectivity index (χ3n) is 3.90. The lowest BCUT2D eigenvalue weighted by Crippen LogP contribution is -1.89. The summed E-state index contributed by atoms with van der Waals surface area (Å²) in [6, 6.07) is 15.7. The number of hydrogen-bond donors (Lipinski definition) is 2. The predicted molar refractivity (Wildman–Crippen MR) is 77.7 cm³/mol. The van der Waals surface area contributed by atoms with Gasteiger partial charge < -0.3 is 10.2 Å². The zero-order valence-electron chi connectivity index (χ0n) is 10.2. The van der Waals surface area contributed by atoms with Crippen LogP contribution in [0.15, 0.2) is 48.5 Å². The highest BCUT2D eigenvalue weighted by Gasteiger charge is 2.12. The molecular formula is C17H12O2. The maximum Gasteiger partial charge on any atom is 0.123 e. The molecule has 0 aromatic heterocycles. The molecular weight excluding hydrogens is 236 g/mol. The lowest BCUT2D eigenvalue weighted by atomic mass is 9.92. The second-order valence-electron chi connectivity index (χ2n) is 4.89. The van der Waals surface area contributed by atoms with Crippen molar-refractivity contribution in [3.05, 3.63) is 54.1 Å². The van der Waals surface area contributed by atoms with Gasteiger partial charge in [0.05, 0.1) is 6.61 Å². The predicted octanol–water partition coefficient (Wildman–Crippen LogP) is 3.78. The van der Waals surface area contributed by atoms with Crippen molar-refractivity contribution in [3.8, 4) is 5.75 Å². The first-order valence-electron chi connectivity index (χ1n) is 6.29. The van der Waals surface area contributed by atoms with E-state index in [1.807, 2.05) is 30.3 Å². The molecule has 4 rings (SSSR count). The van der Waals surface area contributed by atoms with Crippen LogP contribution in [-0.2, 0) is 6.61 Å². The number of aromatic hydroxyl groups is 1. The third kappa shape index (κ3) is 1.29. The van der Waals surface area contributed by atoms with Crippen LogP contribution in [-0.4, -0.2) is 10.2 Å². The van der Waals surface area contributed by atoms with Gasteiger partial charge in [0, 0.05) is 10.8 Å². The van der Waals surface area contributed by atoms with Crippen LogP contribution in [0.25, 0.3) is 32.3 Å². The van der Waals surface area contributed by atoms with E-state index >= 15 is 0 Å². The van der Waals surface area contributed by atoms with E-state index in [1.54, 1.807) is 6.07 Å². The molecule has 0 amide bonds. The monoisotopic (exact) mass is 248 g/mol. The largest absolute Gasteiger partial charge is 0.507 e. The van der Waals surface area contributed by atoms with Crippen molar-refractivity contribution in [1.29, 1.82) is 0 Å². The summed E-state index contributed by atoms with van der Waals surface area (Å²) in [5, 5.41) is 25.9. The van der Waals surface area contributed by atoms with E-state index in [1.165, 1.54) is 0 Å². The molecule has 0 radical (unpaired) electrons. The topological polar surface area (TPSA) is 40.5 Å².